The number of fused-ring (bicyclic) bond motifs is 7. The quantitative estimate of drug-likeness (QED) is 0.371. The van der Waals surface area contributed by atoms with Crippen LogP contribution in [0.15, 0.2) is 0 Å². The molecule has 1 saturated heterocycles. The van der Waals surface area contributed by atoms with Crippen LogP contribution >= 0.6 is 0 Å². The topological polar surface area (TPSA) is 110 Å². The fraction of sp³-hybridized carbons (Fsp3) is 1.00. The first kappa shape index (κ1) is 28.3. The summed E-state index contributed by atoms with van der Waals surface area (Å²) >= 11 is 0. The van der Waals surface area contributed by atoms with E-state index in [9.17, 15) is 25.5 Å². The van der Waals surface area contributed by atoms with Crippen molar-refractivity contribution in [3.63, 3.8) is 0 Å². The number of ether oxygens (including phenoxy) is 1. The summed E-state index contributed by atoms with van der Waals surface area (Å²) in [5.41, 5.74) is -2.44. The molecule has 0 spiro atoms. The van der Waals surface area contributed by atoms with Crippen molar-refractivity contribution >= 4 is 0 Å². The minimum Gasteiger partial charge on any atom is -0.393 e. The summed E-state index contributed by atoms with van der Waals surface area (Å²) in [5, 5.41) is 56.9. The van der Waals surface area contributed by atoms with Crippen LogP contribution in [0.25, 0.3) is 0 Å². The van der Waals surface area contributed by atoms with Gasteiger partial charge in [-0.1, -0.05) is 48.5 Å². The Morgan fingerprint density at radius 2 is 1.38 bits per heavy atom. The number of aliphatic hydroxyl groups is 5. The summed E-state index contributed by atoms with van der Waals surface area (Å²) in [6.45, 7) is 19.1. The van der Waals surface area contributed by atoms with Crippen molar-refractivity contribution in [2.75, 3.05) is 0 Å². The van der Waals surface area contributed by atoms with Gasteiger partial charge in [0.1, 0.15) is 12.2 Å². The fourth-order valence-corrected chi connectivity index (χ4v) is 11.7. The van der Waals surface area contributed by atoms with Crippen LogP contribution in [-0.2, 0) is 4.74 Å². The molecule has 37 heavy (non-hydrogen) atoms. The molecule has 4 saturated carbocycles. The Balaban J connectivity index is 1.58. The van der Waals surface area contributed by atoms with Crippen LogP contribution in [0.4, 0.5) is 0 Å². The van der Waals surface area contributed by atoms with Gasteiger partial charge in [-0.2, -0.15) is 0 Å². The Hall–Kier alpha value is -0.240. The molecular formula is C31H54O6. The van der Waals surface area contributed by atoms with Crippen LogP contribution in [0.5, 0.6) is 0 Å². The van der Waals surface area contributed by atoms with Gasteiger partial charge in [0.2, 0.25) is 0 Å². The highest BCUT2D eigenvalue weighted by Gasteiger charge is 2.81. The van der Waals surface area contributed by atoms with Crippen molar-refractivity contribution in [2.24, 2.45) is 50.7 Å². The summed E-state index contributed by atoms with van der Waals surface area (Å²) in [6, 6.07) is 0. The highest BCUT2D eigenvalue weighted by atomic mass is 16.7. The number of hydrogen-bond acceptors (Lipinski definition) is 6. The van der Waals surface area contributed by atoms with E-state index >= 15 is 0 Å². The van der Waals surface area contributed by atoms with Gasteiger partial charge in [0.15, 0.2) is 5.79 Å². The SMILES string of the molecule is C[C@@H]1C[C@H]([C@H](O)C(C)(C)O)O[C@]2(O)C1[C@@]1(C)CC[C@]3(C)[C@@H](CC[C@H]4C(C)(C)[C@@H](O)CC[C@@]43C)[C@]1(C)[C@H]2O. The summed E-state index contributed by atoms with van der Waals surface area (Å²) in [4.78, 5) is 0. The zero-order valence-electron chi connectivity index (χ0n) is 24.7. The Morgan fingerprint density at radius 3 is 1.97 bits per heavy atom. The second-order valence-electron chi connectivity index (χ2n) is 16.2. The van der Waals surface area contributed by atoms with Crippen molar-refractivity contribution in [2.45, 2.75) is 143 Å². The Morgan fingerprint density at radius 1 is 0.838 bits per heavy atom. The summed E-state index contributed by atoms with van der Waals surface area (Å²) in [6.07, 6.45) is 2.94. The van der Waals surface area contributed by atoms with E-state index in [2.05, 4.69) is 48.5 Å². The molecule has 214 valence electrons. The van der Waals surface area contributed by atoms with Crippen LogP contribution < -0.4 is 0 Å². The minimum absolute atomic E-state index is 0.0160. The van der Waals surface area contributed by atoms with E-state index in [-0.39, 0.29) is 45.5 Å². The summed E-state index contributed by atoms with van der Waals surface area (Å²) in [7, 11) is 0. The van der Waals surface area contributed by atoms with Gasteiger partial charge in [-0.05, 0) is 98.2 Å². The highest BCUT2D eigenvalue weighted by Crippen LogP contribution is 2.80. The lowest BCUT2D eigenvalue weighted by molar-refractivity contribution is -0.342. The molecule has 0 bridgehead atoms. The molecule has 5 aliphatic rings. The molecule has 0 aromatic heterocycles. The van der Waals surface area contributed by atoms with Crippen molar-refractivity contribution in [1.82, 2.24) is 0 Å². The van der Waals surface area contributed by atoms with E-state index in [0.717, 1.165) is 38.5 Å². The van der Waals surface area contributed by atoms with Gasteiger partial charge in [0.25, 0.3) is 0 Å². The van der Waals surface area contributed by atoms with E-state index in [0.29, 0.717) is 12.3 Å². The molecule has 6 nitrogen and oxygen atoms in total. The van der Waals surface area contributed by atoms with Gasteiger partial charge >= 0.3 is 0 Å². The van der Waals surface area contributed by atoms with Crippen LogP contribution in [0.3, 0.4) is 0 Å². The molecule has 5 fully saturated rings. The monoisotopic (exact) mass is 522 g/mol. The molecule has 1 aliphatic heterocycles. The maximum atomic E-state index is 12.3. The van der Waals surface area contributed by atoms with Crippen molar-refractivity contribution < 1.29 is 30.3 Å². The molecule has 0 aromatic rings. The smallest absolute Gasteiger partial charge is 0.196 e. The van der Waals surface area contributed by atoms with Gasteiger partial charge in [0.05, 0.1) is 17.8 Å². The molecular weight excluding hydrogens is 468 g/mol. The lowest BCUT2D eigenvalue weighted by Gasteiger charge is -2.72. The van der Waals surface area contributed by atoms with E-state index in [1.807, 2.05) is 0 Å². The van der Waals surface area contributed by atoms with E-state index in [1.54, 1.807) is 13.8 Å². The zero-order chi connectivity index (χ0) is 27.8. The van der Waals surface area contributed by atoms with Crippen molar-refractivity contribution in [3.05, 3.63) is 0 Å². The summed E-state index contributed by atoms with van der Waals surface area (Å²) < 4.78 is 6.35. The number of rotatable bonds is 2. The molecule has 5 rings (SSSR count). The third-order valence-corrected chi connectivity index (χ3v) is 14.1. The second kappa shape index (κ2) is 7.94. The predicted octanol–water partition coefficient (Wildman–Crippen LogP) is 4.25. The van der Waals surface area contributed by atoms with Crippen LogP contribution in [-0.4, -0.2) is 61.3 Å². The molecule has 0 amide bonds. The molecule has 1 unspecified atom stereocenters. The van der Waals surface area contributed by atoms with Gasteiger partial charge < -0.3 is 30.3 Å². The normalized spacial score (nSPS) is 58.1. The maximum Gasteiger partial charge on any atom is 0.196 e. The molecule has 6 heteroatoms. The van der Waals surface area contributed by atoms with E-state index in [1.165, 1.54) is 0 Å². The van der Waals surface area contributed by atoms with Crippen LogP contribution in [0, 0.1) is 50.7 Å². The maximum absolute atomic E-state index is 12.3. The molecule has 0 aromatic carbocycles. The van der Waals surface area contributed by atoms with Gasteiger partial charge in [0, 0.05) is 11.3 Å². The summed E-state index contributed by atoms with van der Waals surface area (Å²) in [5.74, 6) is -1.41. The van der Waals surface area contributed by atoms with Crippen LogP contribution in [0.2, 0.25) is 0 Å². The van der Waals surface area contributed by atoms with E-state index in [4.69, 9.17) is 4.74 Å². The van der Waals surface area contributed by atoms with Gasteiger partial charge in [-0.3, -0.25) is 0 Å². The number of hydrogen-bond donors (Lipinski definition) is 5. The third kappa shape index (κ3) is 3.21. The van der Waals surface area contributed by atoms with E-state index < -0.39 is 35.1 Å². The van der Waals surface area contributed by atoms with Crippen molar-refractivity contribution in [3.8, 4) is 0 Å². The third-order valence-electron chi connectivity index (χ3n) is 14.1. The Labute approximate surface area is 224 Å². The average molecular weight is 523 g/mol. The molecule has 5 N–H and O–H groups in total. The first-order chi connectivity index (χ1) is 16.7. The molecule has 0 radical (unpaired) electrons. The lowest BCUT2D eigenvalue weighted by Crippen LogP contribution is -2.67. The van der Waals surface area contributed by atoms with Crippen molar-refractivity contribution in [1.29, 1.82) is 0 Å². The molecule has 4 aliphatic carbocycles. The highest BCUT2D eigenvalue weighted by molar-refractivity contribution is 5.26. The Bertz CT molecular complexity index is 929. The molecule has 1 heterocycles. The Kier molecular flexibility index (Phi) is 6.07. The first-order valence-electron chi connectivity index (χ1n) is 14.9. The minimum atomic E-state index is -1.77. The lowest BCUT2D eigenvalue weighted by atomic mass is 9.32. The standard InChI is InChI=1S/C31H54O6/c1-17-16-18(23(33)26(4,5)35)37-31(36)22(17)29(8)15-14-28(7)20(30(29,9)24(31)34)11-10-19-25(2,3)21(32)12-13-27(19,28)6/h17-24,32-36H,10-16H2,1-9H3/t17-,18-,19+,20-,21+,22?,23+,24-,27+,28-,29-,30-,31-/m1/s1. The largest absolute Gasteiger partial charge is 0.393 e. The van der Waals surface area contributed by atoms with Gasteiger partial charge in [-0.15, -0.1) is 0 Å². The average Bonchev–Trinajstić information content (AvgIpc) is 2.92. The number of aliphatic hydroxyl groups excluding tert-OH is 3. The first-order valence-corrected chi connectivity index (χ1v) is 14.9. The molecule has 13 atom stereocenters. The van der Waals surface area contributed by atoms with Gasteiger partial charge in [-0.25, -0.2) is 0 Å². The second-order valence-corrected chi connectivity index (χ2v) is 16.2. The van der Waals surface area contributed by atoms with Crippen LogP contribution in [0.1, 0.15) is 107 Å². The fourth-order valence-electron chi connectivity index (χ4n) is 11.7. The zero-order valence-corrected chi connectivity index (χ0v) is 24.7. The predicted molar refractivity (Wildman–Crippen MR) is 142 cm³/mol.